The molecule has 0 bridgehead atoms. The van der Waals surface area contributed by atoms with Crippen molar-refractivity contribution in [2.24, 2.45) is 0 Å². The zero-order valence-corrected chi connectivity index (χ0v) is 8.95. The fraction of sp³-hybridized carbons (Fsp3) is 0.200. The Kier molecular flexibility index (Phi) is 2.60. The number of rotatable bonds is 2. The van der Waals surface area contributed by atoms with Gasteiger partial charge in [-0.05, 0) is 13.0 Å². The van der Waals surface area contributed by atoms with Crippen molar-refractivity contribution in [2.45, 2.75) is 6.92 Å². The lowest BCUT2D eigenvalue weighted by molar-refractivity contribution is 0.342. The Balaban J connectivity index is 2.65. The predicted octanol–water partition coefficient (Wildman–Crippen LogP) is 2.26. The number of nitrogens with two attached hydrogens (primary N) is 1. The van der Waals surface area contributed by atoms with E-state index in [1.807, 2.05) is 6.92 Å². The van der Waals surface area contributed by atoms with Crippen LogP contribution < -0.4 is 10.5 Å². The lowest BCUT2D eigenvalue weighted by Crippen LogP contribution is -1.97. The van der Waals surface area contributed by atoms with Crippen molar-refractivity contribution in [3.63, 3.8) is 0 Å². The Bertz CT molecular complexity index is 501. The molecule has 0 aliphatic carbocycles. The van der Waals surface area contributed by atoms with E-state index in [0.717, 1.165) is 10.9 Å². The smallest absolute Gasteiger partial charge is 0.144 e. The normalized spacial score (nSPS) is 10.5. The topological polar surface area (TPSA) is 61.0 Å². The highest BCUT2D eigenvalue weighted by atomic mass is 35.5. The number of halogens is 1. The summed E-state index contributed by atoms with van der Waals surface area (Å²) >= 11 is 5.91. The summed E-state index contributed by atoms with van der Waals surface area (Å²) in [6.45, 7) is 2.46. The Morgan fingerprint density at radius 1 is 1.40 bits per heavy atom. The molecule has 2 rings (SSSR count). The van der Waals surface area contributed by atoms with Gasteiger partial charge in [0.1, 0.15) is 17.2 Å². The number of nitrogen functional groups attached to an aromatic ring is 1. The van der Waals surface area contributed by atoms with Gasteiger partial charge in [-0.1, -0.05) is 11.6 Å². The molecule has 0 atom stereocenters. The SMILES string of the molecule is CCOc1cc2ncnc(Cl)c2cc1N. The molecule has 15 heavy (non-hydrogen) atoms. The summed E-state index contributed by atoms with van der Waals surface area (Å²) in [7, 11) is 0. The van der Waals surface area contributed by atoms with E-state index in [1.165, 1.54) is 6.33 Å². The number of hydrogen-bond donors (Lipinski definition) is 1. The molecule has 78 valence electrons. The first-order chi connectivity index (χ1) is 7.22. The molecule has 5 heteroatoms. The lowest BCUT2D eigenvalue weighted by atomic mass is 10.2. The largest absolute Gasteiger partial charge is 0.492 e. The fourth-order valence-electron chi connectivity index (χ4n) is 1.35. The molecule has 0 spiro atoms. The van der Waals surface area contributed by atoms with Crippen LogP contribution in [0, 0.1) is 0 Å². The van der Waals surface area contributed by atoms with Crippen LogP contribution in [-0.4, -0.2) is 16.6 Å². The Hall–Kier alpha value is -1.55. The van der Waals surface area contributed by atoms with Gasteiger partial charge in [-0.2, -0.15) is 0 Å². The quantitative estimate of drug-likeness (QED) is 0.627. The summed E-state index contributed by atoms with van der Waals surface area (Å²) in [6, 6.07) is 3.49. The van der Waals surface area contributed by atoms with Crippen molar-refractivity contribution in [2.75, 3.05) is 12.3 Å². The Labute approximate surface area is 92.0 Å². The summed E-state index contributed by atoms with van der Waals surface area (Å²) in [5.41, 5.74) is 7.07. The van der Waals surface area contributed by atoms with Crippen LogP contribution in [0.3, 0.4) is 0 Å². The third-order valence-corrected chi connectivity index (χ3v) is 2.32. The lowest BCUT2D eigenvalue weighted by Gasteiger charge is -2.08. The second-order valence-electron chi connectivity index (χ2n) is 3.00. The first-order valence-electron chi connectivity index (χ1n) is 4.55. The van der Waals surface area contributed by atoms with E-state index in [9.17, 15) is 0 Å². The molecule has 0 radical (unpaired) electrons. The number of aromatic nitrogens is 2. The van der Waals surface area contributed by atoms with Crippen molar-refractivity contribution < 1.29 is 4.74 Å². The van der Waals surface area contributed by atoms with Gasteiger partial charge in [-0.15, -0.1) is 0 Å². The van der Waals surface area contributed by atoms with Gasteiger partial charge in [-0.3, -0.25) is 0 Å². The number of hydrogen-bond acceptors (Lipinski definition) is 4. The van der Waals surface area contributed by atoms with E-state index in [1.54, 1.807) is 12.1 Å². The second kappa shape index (κ2) is 3.90. The van der Waals surface area contributed by atoms with E-state index >= 15 is 0 Å². The van der Waals surface area contributed by atoms with Crippen molar-refractivity contribution >= 4 is 28.2 Å². The average Bonchev–Trinajstić information content (AvgIpc) is 2.21. The summed E-state index contributed by atoms with van der Waals surface area (Å²) in [6.07, 6.45) is 1.41. The van der Waals surface area contributed by atoms with E-state index in [2.05, 4.69) is 9.97 Å². The van der Waals surface area contributed by atoms with Crippen LogP contribution in [0.15, 0.2) is 18.5 Å². The summed E-state index contributed by atoms with van der Waals surface area (Å²) in [4.78, 5) is 7.98. The maximum absolute atomic E-state index is 5.91. The summed E-state index contributed by atoms with van der Waals surface area (Å²) in [5.74, 6) is 0.625. The molecular weight excluding hydrogens is 214 g/mol. The standard InChI is InChI=1S/C10H10ClN3O/c1-2-15-9-4-8-6(3-7(9)12)10(11)14-5-13-8/h3-5H,2,12H2,1H3. The molecule has 1 heterocycles. The summed E-state index contributed by atoms with van der Waals surface area (Å²) in [5, 5.41) is 1.13. The van der Waals surface area contributed by atoms with Crippen molar-refractivity contribution in [3.8, 4) is 5.75 Å². The minimum atomic E-state index is 0.398. The molecule has 2 N–H and O–H groups in total. The van der Waals surface area contributed by atoms with Crippen LogP contribution >= 0.6 is 11.6 Å². The van der Waals surface area contributed by atoms with Gasteiger partial charge >= 0.3 is 0 Å². The van der Waals surface area contributed by atoms with Crippen molar-refractivity contribution in [1.29, 1.82) is 0 Å². The minimum absolute atomic E-state index is 0.398. The molecule has 2 aromatic rings. The number of fused-ring (bicyclic) bond motifs is 1. The van der Waals surface area contributed by atoms with Crippen LogP contribution in [-0.2, 0) is 0 Å². The van der Waals surface area contributed by atoms with Crippen LogP contribution in [0.4, 0.5) is 5.69 Å². The van der Waals surface area contributed by atoms with Gasteiger partial charge in [0.2, 0.25) is 0 Å². The highest BCUT2D eigenvalue weighted by Crippen LogP contribution is 2.29. The number of nitrogens with zero attached hydrogens (tertiary/aromatic N) is 2. The zero-order valence-electron chi connectivity index (χ0n) is 8.20. The monoisotopic (exact) mass is 223 g/mol. The molecule has 4 nitrogen and oxygen atoms in total. The second-order valence-corrected chi connectivity index (χ2v) is 3.36. The maximum Gasteiger partial charge on any atom is 0.144 e. The third-order valence-electron chi connectivity index (χ3n) is 2.02. The summed E-state index contributed by atoms with van der Waals surface area (Å²) < 4.78 is 5.36. The zero-order chi connectivity index (χ0) is 10.8. The van der Waals surface area contributed by atoms with E-state index in [-0.39, 0.29) is 0 Å². The van der Waals surface area contributed by atoms with E-state index in [4.69, 9.17) is 22.1 Å². The van der Waals surface area contributed by atoms with Crippen LogP contribution in [0.25, 0.3) is 10.9 Å². The molecule has 0 aliphatic heterocycles. The van der Waals surface area contributed by atoms with Gasteiger partial charge < -0.3 is 10.5 Å². The number of benzene rings is 1. The highest BCUT2D eigenvalue weighted by molar-refractivity contribution is 6.34. The van der Waals surface area contributed by atoms with Gasteiger partial charge in [0, 0.05) is 11.5 Å². The average molecular weight is 224 g/mol. The predicted molar refractivity (Wildman–Crippen MR) is 60.1 cm³/mol. The molecule has 0 aliphatic rings. The maximum atomic E-state index is 5.91. The first kappa shape index (κ1) is 9.98. The Morgan fingerprint density at radius 2 is 2.20 bits per heavy atom. The first-order valence-corrected chi connectivity index (χ1v) is 4.92. The van der Waals surface area contributed by atoms with Gasteiger partial charge in [-0.25, -0.2) is 9.97 Å². The molecule has 0 amide bonds. The van der Waals surface area contributed by atoms with E-state index < -0.39 is 0 Å². The van der Waals surface area contributed by atoms with Crippen LogP contribution in [0.5, 0.6) is 5.75 Å². The molecule has 0 saturated heterocycles. The molecule has 0 unspecified atom stereocenters. The Morgan fingerprint density at radius 3 is 2.93 bits per heavy atom. The molecule has 0 saturated carbocycles. The molecule has 1 aromatic heterocycles. The van der Waals surface area contributed by atoms with Crippen molar-refractivity contribution in [3.05, 3.63) is 23.6 Å². The molecular formula is C10H10ClN3O. The molecule has 0 fully saturated rings. The molecule has 1 aromatic carbocycles. The van der Waals surface area contributed by atoms with Gasteiger partial charge in [0.15, 0.2) is 0 Å². The third kappa shape index (κ3) is 1.80. The fourth-order valence-corrected chi connectivity index (χ4v) is 1.54. The van der Waals surface area contributed by atoms with Gasteiger partial charge in [0.05, 0.1) is 17.8 Å². The number of ether oxygens (including phenoxy) is 1. The highest BCUT2D eigenvalue weighted by Gasteiger charge is 2.06. The van der Waals surface area contributed by atoms with Gasteiger partial charge in [0.25, 0.3) is 0 Å². The van der Waals surface area contributed by atoms with Crippen LogP contribution in [0.1, 0.15) is 6.92 Å². The van der Waals surface area contributed by atoms with Crippen molar-refractivity contribution in [1.82, 2.24) is 9.97 Å². The van der Waals surface area contributed by atoms with Crippen LogP contribution in [0.2, 0.25) is 5.15 Å². The number of anilines is 1. The minimum Gasteiger partial charge on any atom is -0.492 e. The van der Waals surface area contributed by atoms with E-state index in [0.29, 0.717) is 23.2 Å².